The number of hydrogen-bond donors (Lipinski definition) is 1. The molecule has 0 saturated heterocycles. The van der Waals surface area contributed by atoms with E-state index in [-0.39, 0.29) is 11.4 Å². The van der Waals surface area contributed by atoms with Crippen LogP contribution < -0.4 is 10.0 Å². The number of nitro groups is 1. The summed E-state index contributed by atoms with van der Waals surface area (Å²) in [6, 6.07) is 1.19. The third-order valence-electron chi connectivity index (χ3n) is 1.67. The van der Waals surface area contributed by atoms with E-state index in [1.165, 1.54) is 6.07 Å². The van der Waals surface area contributed by atoms with Gasteiger partial charge in [0.15, 0.2) is 11.9 Å². The lowest BCUT2D eigenvalue weighted by molar-refractivity contribution is -0.605. The van der Waals surface area contributed by atoms with Crippen molar-refractivity contribution in [2.75, 3.05) is 11.9 Å². The molecule has 0 spiro atoms. The highest BCUT2D eigenvalue weighted by atomic mass is 16.6. The molecule has 14 heavy (non-hydrogen) atoms. The van der Waals surface area contributed by atoms with Crippen molar-refractivity contribution in [1.82, 2.24) is 0 Å². The van der Waals surface area contributed by atoms with Crippen LogP contribution in [0.4, 0.5) is 11.4 Å². The summed E-state index contributed by atoms with van der Waals surface area (Å²) >= 11 is 0. The summed E-state index contributed by atoms with van der Waals surface area (Å²) in [7, 11) is 0. The third kappa shape index (κ3) is 2.32. The molecule has 6 nitrogen and oxygen atoms in total. The van der Waals surface area contributed by atoms with Crippen molar-refractivity contribution in [3.05, 3.63) is 33.8 Å². The number of anilines is 1. The number of rotatable bonds is 4. The van der Waals surface area contributed by atoms with Gasteiger partial charge in [-0.3, -0.25) is 10.1 Å². The first-order chi connectivity index (χ1) is 6.65. The van der Waals surface area contributed by atoms with E-state index in [1.54, 1.807) is 0 Å². The first-order valence-corrected chi connectivity index (χ1v) is 4.26. The fourth-order valence-corrected chi connectivity index (χ4v) is 1.03. The smallest absolute Gasteiger partial charge is 0.304 e. The molecule has 1 aromatic rings. The molecule has 0 radical (unpaired) electrons. The Balaban J connectivity index is 2.97. The van der Waals surface area contributed by atoms with Gasteiger partial charge in [-0.15, -0.1) is 0 Å². The maximum absolute atomic E-state index is 10.9. The highest BCUT2D eigenvalue weighted by Crippen LogP contribution is 2.20. The number of pyridine rings is 1. The Labute approximate surface area is 80.9 Å². The van der Waals surface area contributed by atoms with Crippen LogP contribution in [0.25, 0.3) is 0 Å². The van der Waals surface area contributed by atoms with E-state index in [1.807, 2.05) is 6.92 Å². The Hall–Kier alpha value is -1.85. The lowest BCUT2D eigenvalue weighted by Crippen LogP contribution is -2.25. The van der Waals surface area contributed by atoms with Crippen molar-refractivity contribution >= 4 is 11.4 Å². The van der Waals surface area contributed by atoms with E-state index in [9.17, 15) is 15.3 Å². The number of aromatic nitrogens is 1. The van der Waals surface area contributed by atoms with Crippen LogP contribution in [0.5, 0.6) is 0 Å². The summed E-state index contributed by atoms with van der Waals surface area (Å²) in [5.74, 6) is 0. The lowest BCUT2D eigenvalue weighted by Gasteiger charge is -2.04. The summed E-state index contributed by atoms with van der Waals surface area (Å²) < 4.78 is 0.533. The summed E-state index contributed by atoms with van der Waals surface area (Å²) in [6.45, 7) is 2.54. The number of hydrogen-bond acceptors (Lipinski definition) is 4. The molecule has 0 saturated carbocycles. The summed E-state index contributed by atoms with van der Waals surface area (Å²) in [4.78, 5) is 10.0. The lowest BCUT2D eigenvalue weighted by atomic mass is 10.3. The SMILES string of the molecule is CCCNc1c[n+]([O-])ccc1[N+](=O)[O-]. The van der Waals surface area contributed by atoms with Crippen LogP contribution in [0, 0.1) is 15.3 Å². The van der Waals surface area contributed by atoms with Crippen molar-refractivity contribution in [2.45, 2.75) is 13.3 Å². The minimum absolute atomic E-state index is 0.0782. The van der Waals surface area contributed by atoms with Crippen molar-refractivity contribution in [1.29, 1.82) is 0 Å². The van der Waals surface area contributed by atoms with Crippen LogP contribution in [-0.4, -0.2) is 11.5 Å². The van der Waals surface area contributed by atoms with Crippen molar-refractivity contribution in [2.24, 2.45) is 0 Å². The van der Waals surface area contributed by atoms with E-state index >= 15 is 0 Å². The molecule has 1 N–H and O–H groups in total. The van der Waals surface area contributed by atoms with Gasteiger partial charge in [-0.25, -0.2) is 0 Å². The molecular formula is C8H11N3O3. The molecule has 0 unspecified atom stereocenters. The monoisotopic (exact) mass is 197 g/mol. The Morgan fingerprint density at radius 3 is 2.93 bits per heavy atom. The summed E-state index contributed by atoms with van der Waals surface area (Å²) in [5.41, 5.74) is 0.180. The molecule has 0 atom stereocenters. The van der Waals surface area contributed by atoms with Crippen LogP contribution in [-0.2, 0) is 0 Å². The quantitative estimate of drug-likeness (QED) is 0.338. The van der Waals surface area contributed by atoms with E-state index in [4.69, 9.17) is 0 Å². The van der Waals surface area contributed by atoms with Gasteiger partial charge in [0.2, 0.25) is 6.20 Å². The van der Waals surface area contributed by atoms with E-state index in [0.29, 0.717) is 11.3 Å². The van der Waals surface area contributed by atoms with Gasteiger partial charge in [-0.1, -0.05) is 6.92 Å². The van der Waals surface area contributed by atoms with Crippen LogP contribution in [0.15, 0.2) is 18.5 Å². The Morgan fingerprint density at radius 2 is 2.36 bits per heavy atom. The first-order valence-electron chi connectivity index (χ1n) is 4.26. The van der Waals surface area contributed by atoms with Crippen molar-refractivity contribution < 1.29 is 9.65 Å². The van der Waals surface area contributed by atoms with Crippen LogP contribution in [0.2, 0.25) is 0 Å². The topological polar surface area (TPSA) is 82.1 Å². The highest BCUT2D eigenvalue weighted by Gasteiger charge is 2.15. The van der Waals surface area contributed by atoms with Crippen molar-refractivity contribution in [3.8, 4) is 0 Å². The fraction of sp³-hybridized carbons (Fsp3) is 0.375. The predicted molar refractivity (Wildman–Crippen MR) is 50.8 cm³/mol. The first kappa shape index (κ1) is 10.2. The van der Waals surface area contributed by atoms with Crippen LogP contribution in [0.3, 0.4) is 0 Å². The zero-order chi connectivity index (χ0) is 10.6. The number of nitrogens with one attached hydrogen (secondary N) is 1. The molecule has 0 aliphatic rings. The molecule has 0 aromatic carbocycles. The second-order valence-electron chi connectivity index (χ2n) is 2.79. The zero-order valence-corrected chi connectivity index (χ0v) is 7.77. The minimum atomic E-state index is -0.516. The van der Waals surface area contributed by atoms with Gasteiger partial charge in [0.05, 0.1) is 11.0 Å². The molecular weight excluding hydrogens is 186 g/mol. The Bertz CT molecular complexity index is 341. The maximum Gasteiger partial charge on any atom is 0.304 e. The maximum atomic E-state index is 10.9. The van der Waals surface area contributed by atoms with Gasteiger partial charge in [0.1, 0.15) is 0 Å². The van der Waals surface area contributed by atoms with Gasteiger partial charge in [-0.2, -0.15) is 4.73 Å². The molecule has 0 fully saturated rings. The average molecular weight is 197 g/mol. The van der Waals surface area contributed by atoms with Gasteiger partial charge in [0.25, 0.3) is 0 Å². The van der Waals surface area contributed by atoms with Gasteiger partial charge >= 0.3 is 5.69 Å². The second-order valence-corrected chi connectivity index (χ2v) is 2.79. The standard InChI is InChI=1S/C8H11N3O3/c1-2-4-9-7-6-10(12)5-3-8(7)11(13)14/h3,5-6,9H,2,4H2,1H3. The van der Waals surface area contributed by atoms with Gasteiger partial charge in [0, 0.05) is 6.54 Å². The molecule has 76 valence electrons. The fourth-order valence-electron chi connectivity index (χ4n) is 1.03. The second kappa shape index (κ2) is 4.40. The largest absolute Gasteiger partial charge is 0.619 e. The van der Waals surface area contributed by atoms with Gasteiger partial charge < -0.3 is 10.5 Å². The van der Waals surface area contributed by atoms with Crippen LogP contribution >= 0.6 is 0 Å². The highest BCUT2D eigenvalue weighted by molar-refractivity contribution is 5.58. The molecule has 0 aliphatic carbocycles. The molecule has 1 heterocycles. The normalized spacial score (nSPS) is 9.79. The molecule has 0 aliphatic heterocycles. The van der Waals surface area contributed by atoms with Gasteiger partial charge in [-0.05, 0) is 6.42 Å². The predicted octanol–water partition coefficient (Wildman–Crippen LogP) is 1.05. The minimum Gasteiger partial charge on any atom is -0.619 e. The molecule has 0 bridgehead atoms. The molecule has 6 heteroatoms. The van der Waals surface area contributed by atoms with E-state index in [2.05, 4.69) is 5.32 Å². The van der Waals surface area contributed by atoms with E-state index in [0.717, 1.165) is 18.8 Å². The molecule has 1 rings (SSSR count). The Kier molecular flexibility index (Phi) is 3.22. The average Bonchev–Trinajstić information content (AvgIpc) is 2.14. The zero-order valence-electron chi connectivity index (χ0n) is 7.77. The third-order valence-corrected chi connectivity index (χ3v) is 1.67. The van der Waals surface area contributed by atoms with Crippen LogP contribution in [0.1, 0.15) is 13.3 Å². The summed E-state index contributed by atoms with van der Waals surface area (Å²) in [5, 5.41) is 24.3. The van der Waals surface area contributed by atoms with E-state index < -0.39 is 4.92 Å². The molecule has 0 amide bonds. The Morgan fingerprint density at radius 1 is 1.64 bits per heavy atom. The molecule has 1 aromatic heterocycles. The number of nitrogens with zero attached hydrogens (tertiary/aromatic N) is 2. The summed E-state index contributed by atoms with van der Waals surface area (Å²) in [6.07, 6.45) is 3.11. The van der Waals surface area contributed by atoms with Crippen molar-refractivity contribution in [3.63, 3.8) is 0 Å².